The van der Waals surface area contributed by atoms with Gasteiger partial charge in [0.1, 0.15) is 0 Å². The van der Waals surface area contributed by atoms with Crippen molar-refractivity contribution in [3.8, 4) is 0 Å². The first-order chi connectivity index (χ1) is 9.24. The molecule has 3 N–H and O–H groups in total. The molecule has 0 saturated heterocycles. The second-order valence-electron chi connectivity index (χ2n) is 4.43. The van der Waals surface area contributed by atoms with Crippen molar-refractivity contribution < 1.29 is 4.74 Å². The third kappa shape index (κ3) is 3.61. The molecule has 0 bridgehead atoms. The number of nitrogens with zero attached hydrogens (tertiary/aromatic N) is 1. The first-order valence-corrected chi connectivity index (χ1v) is 7.07. The number of hydrogen-bond acceptors (Lipinski definition) is 5. The summed E-state index contributed by atoms with van der Waals surface area (Å²) in [6.07, 6.45) is 0.665. The summed E-state index contributed by atoms with van der Waals surface area (Å²) >= 11 is 1.65. The van der Waals surface area contributed by atoms with E-state index in [4.69, 9.17) is 10.6 Å². The van der Waals surface area contributed by atoms with E-state index in [1.807, 2.05) is 42.6 Å². The molecule has 19 heavy (non-hydrogen) atoms. The largest absolute Gasteiger partial charge is 0.375 e. The minimum absolute atomic E-state index is 0.00190. The molecule has 1 aromatic heterocycles. The Kier molecular flexibility index (Phi) is 5.04. The molecule has 0 aliphatic carbocycles. The third-order valence-electron chi connectivity index (χ3n) is 3.02. The Balaban J connectivity index is 2.15. The van der Waals surface area contributed by atoms with Gasteiger partial charge < -0.3 is 4.74 Å². The zero-order valence-corrected chi connectivity index (χ0v) is 12.0. The van der Waals surface area contributed by atoms with Gasteiger partial charge in [0.2, 0.25) is 0 Å². The van der Waals surface area contributed by atoms with Crippen molar-refractivity contribution in [1.82, 2.24) is 10.4 Å². The number of ether oxygens (including phenoxy) is 1. The zero-order chi connectivity index (χ0) is 13.7. The van der Waals surface area contributed by atoms with Crippen molar-refractivity contribution in [2.45, 2.75) is 25.5 Å². The zero-order valence-electron chi connectivity index (χ0n) is 11.2. The van der Waals surface area contributed by atoms with Crippen molar-refractivity contribution in [2.75, 3.05) is 7.11 Å². The van der Waals surface area contributed by atoms with Gasteiger partial charge in [0, 0.05) is 24.6 Å². The number of aryl methyl sites for hydroxylation is 1. The molecule has 102 valence electrons. The molecule has 1 heterocycles. The van der Waals surface area contributed by atoms with Gasteiger partial charge in [0.15, 0.2) is 0 Å². The number of rotatable bonds is 6. The molecule has 0 fully saturated rings. The molecule has 5 heteroatoms. The molecule has 0 aliphatic rings. The SMILES string of the molecule is COC(c1ccccc1)C(Cc1nc(C)cs1)NN. The van der Waals surface area contributed by atoms with E-state index in [0.29, 0.717) is 0 Å². The molecule has 2 atom stereocenters. The predicted molar refractivity (Wildman–Crippen MR) is 77.9 cm³/mol. The second kappa shape index (κ2) is 6.77. The number of nitrogens with one attached hydrogen (secondary N) is 1. The lowest BCUT2D eigenvalue weighted by Gasteiger charge is -2.25. The van der Waals surface area contributed by atoms with E-state index >= 15 is 0 Å². The highest BCUT2D eigenvalue weighted by molar-refractivity contribution is 7.09. The van der Waals surface area contributed by atoms with Crippen molar-refractivity contribution in [1.29, 1.82) is 0 Å². The summed E-state index contributed by atoms with van der Waals surface area (Å²) in [7, 11) is 1.70. The maximum absolute atomic E-state index is 5.69. The van der Waals surface area contributed by atoms with Crippen LogP contribution in [0.3, 0.4) is 0 Å². The highest BCUT2D eigenvalue weighted by atomic mass is 32.1. The van der Waals surface area contributed by atoms with Crippen molar-refractivity contribution in [2.24, 2.45) is 5.84 Å². The van der Waals surface area contributed by atoms with E-state index in [1.165, 1.54) is 0 Å². The van der Waals surface area contributed by atoms with Crippen molar-refractivity contribution >= 4 is 11.3 Å². The van der Waals surface area contributed by atoms with Crippen LogP contribution in [0.4, 0.5) is 0 Å². The molecule has 2 rings (SSSR count). The standard InChI is InChI=1S/C14H19N3OS/c1-10-9-19-13(16-10)8-12(17-15)14(18-2)11-6-4-3-5-7-11/h3-7,9,12,14,17H,8,15H2,1-2H3. The first-order valence-electron chi connectivity index (χ1n) is 6.19. The van der Waals surface area contributed by atoms with E-state index in [-0.39, 0.29) is 12.1 Å². The van der Waals surface area contributed by atoms with Crippen molar-refractivity contribution in [3.63, 3.8) is 0 Å². The van der Waals surface area contributed by atoms with Gasteiger partial charge >= 0.3 is 0 Å². The smallest absolute Gasteiger partial charge is 0.0991 e. The molecular weight excluding hydrogens is 258 g/mol. The number of hydrogen-bond donors (Lipinski definition) is 2. The molecular formula is C14H19N3OS. The molecule has 0 radical (unpaired) electrons. The summed E-state index contributed by atoms with van der Waals surface area (Å²) in [5, 5.41) is 3.12. The van der Waals surface area contributed by atoms with Crippen LogP contribution < -0.4 is 11.3 Å². The predicted octanol–water partition coefficient (Wildman–Crippen LogP) is 2.21. The van der Waals surface area contributed by atoms with Gasteiger partial charge in [-0.05, 0) is 12.5 Å². The quantitative estimate of drug-likeness (QED) is 0.628. The van der Waals surface area contributed by atoms with Crippen LogP contribution in [0.15, 0.2) is 35.7 Å². The number of benzene rings is 1. The number of methoxy groups -OCH3 is 1. The van der Waals surface area contributed by atoms with Gasteiger partial charge in [-0.2, -0.15) is 0 Å². The lowest BCUT2D eigenvalue weighted by atomic mass is 10.0. The van der Waals surface area contributed by atoms with Gasteiger partial charge in [-0.25, -0.2) is 4.98 Å². The Morgan fingerprint density at radius 2 is 2.11 bits per heavy atom. The Morgan fingerprint density at radius 3 is 2.63 bits per heavy atom. The Hall–Kier alpha value is -1.27. The molecule has 2 unspecified atom stereocenters. The fraction of sp³-hybridized carbons (Fsp3) is 0.357. The topological polar surface area (TPSA) is 60.2 Å². The fourth-order valence-corrected chi connectivity index (χ4v) is 2.95. The molecule has 0 aliphatic heterocycles. The minimum Gasteiger partial charge on any atom is -0.375 e. The molecule has 2 aromatic rings. The van der Waals surface area contributed by atoms with E-state index in [9.17, 15) is 0 Å². The minimum atomic E-state index is -0.0876. The molecule has 1 aromatic carbocycles. The van der Waals surface area contributed by atoms with Gasteiger partial charge in [0.25, 0.3) is 0 Å². The average Bonchev–Trinajstić information content (AvgIpc) is 2.85. The number of nitrogens with two attached hydrogens (primary N) is 1. The first kappa shape index (κ1) is 14.1. The lowest BCUT2D eigenvalue weighted by molar-refractivity contribution is 0.0678. The number of hydrazine groups is 1. The summed E-state index contributed by atoms with van der Waals surface area (Å²) in [6.45, 7) is 2.00. The second-order valence-corrected chi connectivity index (χ2v) is 5.37. The van der Waals surface area contributed by atoms with Crippen LogP contribution in [0.2, 0.25) is 0 Å². The molecule has 0 saturated carbocycles. The monoisotopic (exact) mass is 277 g/mol. The normalized spacial score (nSPS) is 14.3. The third-order valence-corrected chi connectivity index (χ3v) is 4.01. The highest BCUT2D eigenvalue weighted by Gasteiger charge is 2.23. The fourth-order valence-electron chi connectivity index (χ4n) is 2.11. The van der Waals surface area contributed by atoms with Crippen LogP contribution in [0.1, 0.15) is 22.4 Å². The molecule has 0 spiro atoms. The van der Waals surface area contributed by atoms with E-state index < -0.39 is 0 Å². The van der Waals surface area contributed by atoms with Gasteiger partial charge in [-0.3, -0.25) is 11.3 Å². The summed E-state index contributed by atoms with van der Waals surface area (Å²) in [6, 6.07) is 10.1. The van der Waals surface area contributed by atoms with Crippen LogP contribution in [-0.2, 0) is 11.2 Å². The maximum atomic E-state index is 5.69. The van der Waals surface area contributed by atoms with E-state index in [0.717, 1.165) is 22.7 Å². The number of thiazole rings is 1. The van der Waals surface area contributed by atoms with E-state index in [2.05, 4.69) is 10.4 Å². The molecule has 4 nitrogen and oxygen atoms in total. The number of aromatic nitrogens is 1. The van der Waals surface area contributed by atoms with Crippen LogP contribution in [0, 0.1) is 6.92 Å². The summed E-state index contributed by atoms with van der Waals surface area (Å²) in [4.78, 5) is 4.48. The Morgan fingerprint density at radius 1 is 1.37 bits per heavy atom. The summed E-state index contributed by atoms with van der Waals surface area (Å²) < 4.78 is 5.60. The van der Waals surface area contributed by atoms with Crippen LogP contribution in [-0.4, -0.2) is 18.1 Å². The Bertz CT molecular complexity index is 500. The molecule has 0 amide bonds. The maximum Gasteiger partial charge on any atom is 0.0991 e. The summed E-state index contributed by atoms with van der Waals surface area (Å²) in [5.74, 6) is 5.69. The lowest BCUT2D eigenvalue weighted by Crippen LogP contribution is -2.42. The summed E-state index contributed by atoms with van der Waals surface area (Å²) in [5.41, 5.74) is 5.01. The van der Waals surface area contributed by atoms with Gasteiger partial charge in [-0.15, -0.1) is 11.3 Å². The Labute approximate surface area is 117 Å². The highest BCUT2D eigenvalue weighted by Crippen LogP contribution is 2.23. The van der Waals surface area contributed by atoms with E-state index in [1.54, 1.807) is 18.4 Å². The van der Waals surface area contributed by atoms with Gasteiger partial charge in [0.05, 0.1) is 17.2 Å². The average molecular weight is 277 g/mol. The van der Waals surface area contributed by atoms with Crippen LogP contribution in [0.25, 0.3) is 0 Å². The van der Waals surface area contributed by atoms with Crippen LogP contribution in [0.5, 0.6) is 0 Å². The van der Waals surface area contributed by atoms with Crippen LogP contribution >= 0.6 is 11.3 Å². The van der Waals surface area contributed by atoms with Gasteiger partial charge in [-0.1, -0.05) is 30.3 Å². The van der Waals surface area contributed by atoms with Crippen molar-refractivity contribution in [3.05, 3.63) is 52.0 Å².